The van der Waals surface area contributed by atoms with Crippen LogP contribution in [0.5, 0.6) is 0 Å². The number of hydrogen-bond donors (Lipinski definition) is 3. The molecule has 6 nitrogen and oxygen atoms in total. The van der Waals surface area contributed by atoms with Crippen LogP contribution in [-0.4, -0.2) is 23.1 Å². The normalized spacial score (nSPS) is 17.8. The molecule has 1 aliphatic rings. The summed E-state index contributed by atoms with van der Waals surface area (Å²) in [4.78, 5) is 22.8. The molecule has 1 heterocycles. The van der Waals surface area contributed by atoms with Gasteiger partial charge in [0.1, 0.15) is 12.1 Å². The lowest BCUT2D eigenvalue weighted by Gasteiger charge is -2.16. The first-order chi connectivity index (χ1) is 11.5. The van der Waals surface area contributed by atoms with Gasteiger partial charge in [0.15, 0.2) is 0 Å². The van der Waals surface area contributed by atoms with Crippen molar-refractivity contribution < 1.29 is 14.7 Å². The van der Waals surface area contributed by atoms with E-state index in [9.17, 15) is 14.7 Å². The molecule has 2 aromatic rings. The Bertz CT molecular complexity index is 853. The quantitative estimate of drug-likeness (QED) is 0.750. The van der Waals surface area contributed by atoms with Gasteiger partial charge in [-0.3, -0.25) is 10.1 Å². The number of amides is 3. The van der Waals surface area contributed by atoms with Gasteiger partial charge in [-0.2, -0.15) is 5.26 Å². The summed E-state index contributed by atoms with van der Waals surface area (Å²) < 4.78 is 0. The molecule has 1 fully saturated rings. The summed E-state index contributed by atoms with van der Waals surface area (Å²) in [5, 5.41) is 23.7. The van der Waals surface area contributed by atoms with Gasteiger partial charge in [-0.15, -0.1) is 0 Å². The van der Waals surface area contributed by atoms with Gasteiger partial charge in [-0.1, -0.05) is 36.4 Å². The van der Waals surface area contributed by atoms with Crippen molar-refractivity contribution in [3.05, 3.63) is 59.2 Å². The Balaban J connectivity index is 1.83. The first-order valence-electron chi connectivity index (χ1n) is 7.40. The van der Waals surface area contributed by atoms with Gasteiger partial charge in [0.25, 0.3) is 5.91 Å². The van der Waals surface area contributed by atoms with E-state index in [1.807, 2.05) is 31.2 Å². The average Bonchev–Trinajstić information content (AvgIpc) is 2.92. The van der Waals surface area contributed by atoms with E-state index in [4.69, 9.17) is 5.26 Å². The van der Waals surface area contributed by atoms with Crippen molar-refractivity contribution in [2.45, 2.75) is 19.1 Å². The fourth-order valence-corrected chi connectivity index (χ4v) is 2.69. The molecule has 3 N–H and O–H groups in total. The highest BCUT2D eigenvalue weighted by molar-refractivity contribution is 6.04. The second-order valence-corrected chi connectivity index (χ2v) is 5.65. The van der Waals surface area contributed by atoms with E-state index in [0.29, 0.717) is 11.1 Å². The molecule has 0 radical (unpaired) electrons. The largest absolute Gasteiger partial charge is 0.386 e. The van der Waals surface area contributed by atoms with E-state index in [1.54, 1.807) is 18.2 Å². The number of aliphatic hydroxyl groups is 1. The molecule has 0 bridgehead atoms. The zero-order valence-corrected chi connectivity index (χ0v) is 12.9. The minimum absolute atomic E-state index is 0.534. The van der Waals surface area contributed by atoms with Crippen LogP contribution in [-0.2, 0) is 4.79 Å². The van der Waals surface area contributed by atoms with Crippen molar-refractivity contribution in [3.8, 4) is 17.2 Å². The van der Waals surface area contributed by atoms with Crippen LogP contribution in [0.2, 0.25) is 0 Å². The van der Waals surface area contributed by atoms with Gasteiger partial charge in [0.05, 0.1) is 11.6 Å². The molecular weight excluding hydrogens is 306 g/mol. The summed E-state index contributed by atoms with van der Waals surface area (Å²) in [6.45, 7) is 1.88. The van der Waals surface area contributed by atoms with Crippen LogP contribution < -0.4 is 10.6 Å². The van der Waals surface area contributed by atoms with E-state index in [-0.39, 0.29) is 0 Å². The summed E-state index contributed by atoms with van der Waals surface area (Å²) in [5.74, 6) is -0.542. The molecular formula is C18H15N3O3. The summed E-state index contributed by atoms with van der Waals surface area (Å²) >= 11 is 0. The van der Waals surface area contributed by atoms with Crippen molar-refractivity contribution in [1.82, 2.24) is 10.6 Å². The van der Waals surface area contributed by atoms with E-state index in [2.05, 4.69) is 16.7 Å². The van der Waals surface area contributed by atoms with Gasteiger partial charge in [0.2, 0.25) is 0 Å². The van der Waals surface area contributed by atoms with Gasteiger partial charge in [-0.05, 0) is 35.2 Å². The van der Waals surface area contributed by atoms with Gasteiger partial charge < -0.3 is 10.4 Å². The molecule has 0 aromatic heterocycles. The Hall–Kier alpha value is -3.17. The van der Waals surface area contributed by atoms with Crippen molar-refractivity contribution in [2.24, 2.45) is 0 Å². The molecule has 1 aliphatic heterocycles. The molecule has 2 aromatic carbocycles. The third kappa shape index (κ3) is 2.85. The molecule has 0 spiro atoms. The molecule has 120 valence electrons. The van der Waals surface area contributed by atoms with Crippen molar-refractivity contribution in [3.63, 3.8) is 0 Å². The smallest absolute Gasteiger partial charge is 0.322 e. The molecule has 1 saturated heterocycles. The van der Waals surface area contributed by atoms with E-state index in [1.165, 1.54) is 0 Å². The lowest BCUT2D eigenvalue weighted by Crippen LogP contribution is -2.35. The highest BCUT2D eigenvalue weighted by atomic mass is 16.3. The zero-order chi connectivity index (χ0) is 17.3. The molecule has 6 heteroatoms. The maximum Gasteiger partial charge on any atom is 0.322 e. The number of rotatable bonds is 3. The summed E-state index contributed by atoms with van der Waals surface area (Å²) in [5.41, 5.74) is 3.95. The Kier molecular flexibility index (Phi) is 4.02. The van der Waals surface area contributed by atoms with E-state index in [0.717, 1.165) is 16.7 Å². The van der Waals surface area contributed by atoms with Crippen LogP contribution in [0.15, 0.2) is 42.5 Å². The lowest BCUT2D eigenvalue weighted by molar-refractivity contribution is -0.122. The number of carbonyl (C=O) groups excluding carboxylic acids is 2. The number of aliphatic hydroxyl groups excluding tert-OH is 1. The molecule has 0 aliphatic carbocycles. The monoisotopic (exact) mass is 321 g/mol. The number of aryl methyl sites for hydroxylation is 1. The van der Waals surface area contributed by atoms with Gasteiger partial charge >= 0.3 is 6.03 Å². The molecule has 2 atom stereocenters. The molecule has 2 unspecified atom stereocenters. The fraction of sp³-hybridized carbons (Fsp3) is 0.167. The van der Waals surface area contributed by atoms with Crippen LogP contribution in [0.25, 0.3) is 11.1 Å². The highest BCUT2D eigenvalue weighted by Crippen LogP contribution is 2.25. The predicted molar refractivity (Wildman–Crippen MR) is 86.8 cm³/mol. The number of carbonyl (C=O) groups is 2. The number of imide groups is 1. The first-order valence-corrected chi connectivity index (χ1v) is 7.40. The number of nitriles is 1. The zero-order valence-electron chi connectivity index (χ0n) is 12.9. The van der Waals surface area contributed by atoms with Crippen molar-refractivity contribution >= 4 is 11.9 Å². The van der Waals surface area contributed by atoms with E-state index < -0.39 is 24.1 Å². The number of benzene rings is 2. The molecule has 24 heavy (non-hydrogen) atoms. The van der Waals surface area contributed by atoms with Crippen LogP contribution >= 0.6 is 0 Å². The summed E-state index contributed by atoms with van der Waals surface area (Å²) in [6, 6.07) is 13.2. The Morgan fingerprint density at radius 1 is 1.12 bits per heavy atom. The van der Waals surface area contributed by atoms with Gasteiger partial charge in [0, 0.05) is 0 Å². The van der Waals surface area contributed by atoms with Crippen LogP contribution in [0.1, 0.15) is 22.8 Å². The lowest BCUT2D eigenvalue weighted by atomic mass is 9.97. The molecule has 0 saturated carbocycles. The standard InChI is InChI=1S/C18H15N3O3/c1-10-8-13(6-7-14(10)9-19)11-2-4-12(5-3-11)16(22)15-17(23)21-18(24)20-15/h2-8,15-16,22H,1H3,(H2,20,21,23,24). The Morgan fingerprint density at radius 2 is 1.79 bits per heavy atom. The summed E-state index contributed by atoms with van der Waals surface area (Å²) in [7, 11) is 0. The minimum Gasteiger partial charge on any atom is -0.386 e. The topological polar surface area (TPSA) is 102 Å². The van der Waals surface area contributed by atoms with Crippen LogP contribution in [0.3, 0.4) is 0 Å². The van der Waals surface area contributed by atoms with Crippen molar-refractivity contribution in [2.75, 3.05) is 0 Å². The van der Waals surface area contributed by atoms with Crippen molar-refractivity contribution in [1.29, 1.82) is 5.26 Å². The predicted octanol–water partition coefficient (Wildman–Crippen LogP) is 1.78. The highest BCUT2D eigenvalue weighted by Gasteiger charge is 2.35. The van der Waals surface area contributed by atoms with E-state index >= 15 is 0 Å². The third-order valence-electron chi connectivity index (χ3n) is 4.05. The maximum absolute atomic E-state index is 11.6. The SMILES string of the molecule is Cc1cc(-c2ccc(C(O)C3NC(=O)NC3=O)cc2)ccc1C#N. The van der Waals surface area contributed by atoms with Gasteiger partial charge in [-0.25, -0.2) is 4.79 Å². The molecule has 3 amide bonds. The second-order valence-electron chi connectivity index (χ2n) is 5.65. The maximum atomic E-state index is 11.6. The molecule has 3 rings (SSSR count). The number of hydrogen-bond acceptors (Lipinski definition) is 4. The minimum atomic E-state index is -1.12. The number of nitrogens with one attached hydrogen (secondary N) is 2. The Morgan fingerprint density at radius 3 is 2.33 bits per heavy atom. The van der Waals surface area contributed by atoms with Crippen LogP contribution in [0.4, 0.5) is 4.79 Å². The first kappa shape index (κ1) is 15.7. The third-order valence-corrected chi connectivity index (χ3v) is 4.05. The fourth-order valence-electron chi connectivity index (χ4n) is 2.69. The number of urea groups is 1. The van der Waals surface area contributed by atoms with Crippen LogP contribution in [0, 0.1) is 18.3 Å². The average molecular weight is 321 g/mol. The Labute approximate surface area is 138 Å². The summed E-state index contributed by atoms with van der Waals surface area (Å²) in [6.07, 6.45) is -1.12. The second kappa shape index (κ2) is 6.14. The number of nitrogens with zero attached hydrogens (tertiary/aromatic N) is 1.